The molecule has 0 radical (unpaired) electrons. The van der Waals surface area contributed by atoms with Gasteiger partial charge in [-0.15, -0.1) is 0 Å². The number of nitrogens with zero attached hydrogens (tertiary/aromatic N) is 6. The summed E-state index contributed by atoms with van der Waals surface area (Å²) in [5, 5.41) is 3.99. The molecule has 3 aromatic rings. The zero-order valence-electron chi connectivity index (χ0n) is 16.2. The van der Waals surface area contributed by atoms with Crippen LogP contribution in [-0.4, -0.2) is 49.0 Å². The van der Waals surface area contributed by atoms with Gasteiger partial charge in [0.05, 0.1) is 34.4 Å². The summed E-state index contributed by atoms with van der Waals surface area (Å²) in [7, 11) is 0. The van der Waals surface area contributed by atoms with Crippen molar-refractivity contribution in [2.45, 2.75) is 33.6 Å². The first-order valence-electron chi connectivity index (χ1n) is 9.33. The number of aromatic nitrogens is 5. The number of likely N-dealkylation sites (tertiary alicyclic amines) is 1. The first-order valence-corrected chi connectivity index (χ1v) is 9.33. The van der Waals surface area contributed by atoms with E-state index in [1.807, 2.05) is 18.7 Å². The van der Waals surface area contributed by atoms with Gasteiger partial charge in [-0.3, -0.25) is 9.78 Å². The first-order chi connectivity index (χ1) is 13.5. The van der Waals surface area contributed by atoms with Crippen LogP contribution in [-0.2, 0) is 6.42 Å². The summed E-state index contributed by atoms with van der Waals surface area (Å²) in [5.74, 6) is 1.73. The Kier molecular flexibility index (Phi) is 4.85. The van der Waals surface area contributed by atoms with Crippen LogP contribution in [0.3, 0.4) is 0 Å². The van der Waals surface area contributed by atoms with E-state index in [9.17, 15) is 4.79 Å². The van der Waals surface area contributed by atoms with E-state index in [4.69, 9.17) is 9.51 Å². The van der Waals surface area contributed by atoms with E-state index >= 15 is 0 Å². The Hall–Kier alpha value is -3.16. The SMILES string of the molecule is Cc1ncc(C(=O)N2CCC(Cc3cncc(-c4c(C)noc4C)n3)C2)cn1. The van der Waals surface area contributed by atoms with E-state index in [0.717, 1.165) is 47.8 Å². The van der Waals surface area contributed by atoms with E-state index in [-0.39, 0.29) is 5.91 Å². The lowest BCUT2D eigenvalue weighted by Crippen LogP contribution is -2.29. The van der Waals surface area contributed by atoms with Gasteiger partial charge in [-0.05, 0) is 39.5 Å². The Morgan fingerprint density at radius 1 is 1.18 bits per heavy atom. The average molecular weight is 378 g/mol. The third-order valence-electron chi connectivity index (χ3n) is 5.07. The highest BCUT2D eigenvalue weighted by molar-refractivity contribution is 5.93. The topological polar surface area (TPSA) is 97.9 Å². The van der Waals surface area contributed by atoms with E-state index in [0.29, 0.717) is 23.9 Å². The third kappa shape index (κ3) is 3.62. The molecule has 0 spiro atoms. The van der Waals surface area contributed by atoms with Crippen LogP contribution < -0.4 is 0 Å². The van der Waals surface area contributed by atoms with Crippen molar-refractivity contribution < 1.29 is 9.32 Å². The largest absolute Gasteiger partial charge is 0.361 e. The number of carbonyl (C=O) groups excluding carboxylic acids is 1. The summed E-state index contributed by atoms with van der Waals surface area (Å²) >= 11 is 0. The quantitative estimate of drug-likeness (QED) is 0.688. The molecule has 0 N–H and O–H groups in total. The molecule has 1 aliphatic heterocycles. The molecule has 1 amide bonds. The highest BCUT2D eigenvalue weighted by Crippen LogP contribution is 2.26. The lowest BCUT2D eigenvalue weighted by molar-refractivity contribution is 0.0786. The minimum atomic E-state index is -0.0157. The zero-order valence-corrected chi connectivity index (χ0v) is 16.2. The van der Waals surface area contributed by atoms with Crippen LogP contribution in [0.1, 0.15) is 39.8 Å². The normalized spacial score (nSPS) is 16.5. The Morgan fingerprint density at radius 3 is 2.68 bits per heavy atom. The van der Waals surface area contributed by atoms with Gasteiger partial charge < -0.3 is 9.42 Å². The van der Waals surface area contributed by atoms with Crippen molar-refractivity contribution in [1.29, 1.82) is 0 Å². The van der Waals surface area contributed by atoms with Gasteiger partial charge in [-0.1, -0.05) is 5.16 Å². The van der Waals surface area contributed by atoms with E-state index in [1.54, 1.807) is 31.7 Å². The molecular weight excluding hydrogens is 356 g/mol. The summed E-state index contributed by atoms with van der Waals surface area (Å²) in [6.45, 7) is 7.00. The average Bonchev–Trinajstić information content (AvgIpc) is 3.28. The fourth-order valence-electron chi connectivity index (χ4n) is 3.64. The van der Waals surface area contributed by atoms with Gasteiger partial charge in [0.1, 0.15) is 11.6 Å². The molecule has 28 heavy (non-hydrogen) atoms. The molecule has 3 aromatic heterocycles. The molecule has 0 bridgehead atoms. The first kappa shape index (κ1) is 18.2. The molecule has 0 saturated carbocycles. The molecule has 8 nitrogen and oxygen atoms in total. The minimum Gasteiger partial charge on any atom is -0.361 e. The summed E-state index contributed by atoms with van der Waals surface area (Å²) in [5.41, 5.74) is 3.93. The molecule has 4 rings (SSSR count). The molecule has 0 aliphatic carbocycles. The number of aryl methyl sites for hydroxylation is 3. The summed E-state index contributed by atoms with van der Waals surface area (Å²) in [4.78, 5) is 31.8. The number of rotatable bonds is 4. The second-order valence-electron chi connectivity index (χ2n) is 7.22. The summed E-state index contributed by atoms with van der Waals surface area (Å²) in [6, 6.07) is 0. The van der Waals surface area contributed by atoms with Crippen LogP contribution in [0.25, 0.3) is 11.3 Å². The van der Waals surface area contributed by atoms with Gasteiger partial charge in [0, 0.05) is 31.7 Å². The van der Waals surface area contributed by atoms with E-state index < -0.39 is 0 Å². The van der Waals surface area contributed by atoms with Gasteiger partial charge in [0.25, 0.3) is 5.91 Å². The summed E-state index contributed by atoms with van der Waals surface area (Å²) < 4.78 is 5.24. The molecule has 0 aromatic carbocycles. The predicted molar refractivity (Wildman–Crippen MR) is 101 cm³/mol. The summed E-state index contributed by atoms with van der Waals surface area (Å²) in [6.07, 6.45) is 8.43. The Bertz CT molecular complexity index is 979. The number of amides is 1. The van der Waals surface area contributed by atoms with Crippen molar-refractivity contribution in [3.05, 3.63) is 53.3 Å². The molecule has 1 unspecified atom stereocenters. The molecule has 1 atom stereocenters. The maximum atomic E-state index is 12.6. The van der Waals surface area contributed by atoms with E-state index in [1.165, 1.54) is 0 Å². The highest BCUT2D eigenvalue weighted by atomic mass is 16.5. The second-order valence-corrected chi connectivity index (χ2v) is 7.22. The van der Waals surface area contributed by atoms with Crippen LogP contribution >= 0.6 is 0 Å². The maximum Gasteiger partial charge on any atom is 0.256 e. The lowest BCUT2D eigenvalue weighted by atomic mass is 10.0. The zero-order chi connectivity index (χ0) is 19.7. The van der Waals surface area contributed by atoms with Gasteiger partial charge in [0.2, 0.25) is 0 Å². The number of hydrogen-bond acceptors (Lipinski definition) is 7. The smallest absolute Gasteiger partial charge is 0.256 e. The van der Waals surface area contributed by atoms with Crippen LogP contribution in [0.2, 0.25) is 0 Å². The Morgan fingerprint density at radius 2 is 1.96 bits per heavy atom. The van der Waals surface area contributed by atoms with Crippen LogP contribution in [0, 0.1) is 26.7 Å². The highest BCUT2D eigenvalue weighted by Gasteiger charge is 2.28. The Balaban J connectivity index is 1.44. The maximum absolute atomic E-state index is 12.6. The Labute approximate surface area is 163 Å². The monoisotopic (exact) mass is 378 g/mol. The van der Waals surface area contributed by atoms with Gasteiger partial charge in [0.15, 0.2) is 0 Å². The van der Waals surface area contributed by atoms with Crippen LogP contribution in [0.15, 0.2) is 29.3 Å². The fourth-order valence-corrected chi connectivity index (χ4v) is 3.64. The number of hydrogen-bond donors (Lipinski definition) is 0. The second kappa shape index (κ2) is 7.46. The van der Waals surface area contributed by atoms with Gasteiger partial charge >= 0.3 is 0 Å². The van der Waals surface area contributed by atoms with E-state index in [2.05, 4.69) is 20.1 Å². The molecule has 4 heterocycles. The van der Waals surface area contributed by atoms with Crippen molar-refractivity contribution in [3.8, 4) is 11.3 Å². The van der Waals surface area contributed by atoms with Crippen LogP contribution in [0.5, 0.6) is 0 Å². The van der Waals surface area contributed by atoms with Crippen molar-refractivity contribution in [2.75, 3.05) is 13.1 Å². The van der Waals surface area contributed by atoms with Gasteiger partial charge in [-0.2, -0.15) is 0 Å². The number of carbonyl (C=O) groups is 1. The van der Waals surface area contributed by atoms with Crippen molar-refractivity contribution in [1.82, 2.24) is 30.0 Å². The molecule has 1 fully saturated rings. The van der Waals surface area contributed by atoms with Crippen molar-refractivity contribution >= 4 is 5.91 Å². The van der Waals surface area contributed by atoms with Crippen molar-refractivity contribution in [3.63, 3.8) is 0 Å². The predicted octanol–water partition coefficient (Wildman–Crippen LogP) is 2.55. The molecule has 1 aliphatic rings. The molecule has 1 saturated heterocycles. The fraction of sp³-hybridized carbons (Fsp3) is 0.400. The molecule has 144 valence electrons. The van der Waals surface area contributed by atoms with Crippen molar-refractivity contribution in [2.24, 2.45) is 5.92 Å². The van der Waals surface area contributed by atoms with Crippen LogP contribution in [0.4, 0.5) is 0 Å². The van der Waals surface area contributed by atoms with Gasteiger partial charge in [-0.25, -0.2) is 15.0 Å². The minimum absolute atomic E-state index is 0.0157. The standard InChI is InChI=1S/C20H22N6O2/c1-12-19(13(2)28-25-12)18-10-21-9-17(24-18)6-15-4-5-26(11-15)20(27)16-7-22-14(3)23-8-16/h7-10,15H,4-6,11H2,1-3H3. The molecule has 8 heteroatoms. The third-order valence-corrected chi connectivity index (χ3v) is 5.07. The lowest BCUT2D eigenvalue weighted by Gasteiger charge is -2.16. The molecular formula is C20H22N6O2.